The molecule has 0 aliphatic rings. The number of carbonyl (C=O) groups excluding carboxylic acids is 2. The van der Waals surface area contributed by atoms with Crippen LogP contribution in [0.5, 0.6) is 5.75 Å². The van der Waals surface area contributed by atoms with Crippen LogP contribution in [0.4, 0.5) is 0 Å². The molecule has 2 rings (SSSR count). The van der Waals surface area contributed by atoms with Crippen molar-refractivity contribution < 1.29 is 19.1 Å². The van der Waals surface area contributed by atoms with Gasteiger partial charge in [0, 0.05) is 16.5 Å². The fraction of sp³-hybridized carbons (Fsp3) is 0.333. The Hall–Kier alpha value is -2.47. The molecule has 0 spiro atoms. The maximum atomic E-state index is 12.6. The minimum absolute atomic E-state index is 0.0659. The van der Waals surface area contributed by atoms with Crippen LogP contribution >= 0.6 is 11.8 Å². The molecular formula is C21H25NO4S. The number of hydrogen-bond acceptors (Lipinski definition) is 5. The summed E-state index contributed by atoms with van der Waals surface area (Å²) in [6.45, 7) is 6.40. The van der Waals surface area contributed by atoms with E-state index >= 15 is 0 Å². The molecule has 2 aromatic carbocycles. The molecule has 1 N–H and O–H groups in total. The molecule has 0 heterocycles. The number of thioether (sulfide) groups is 1. The highest BCUT2D eigenvalue weighted by Gasteiger charge is 2.15. The lowest BCUT2D eigenvalue weighted by atomic mass is 10.2. The Labute approximate surface area is 164 Å². The van der Waals surface area contributed by atoms with Gasteiger partial charge in [-0.1, -0.05) is 30.3 Å². The van der Waals surface area contributed by atoms with Crippen LogP contribution in [0.25, 0.3) is 0 Å². The van der Waals surface area contributed by atoms with Gasteiger partial charge in [0.05, 0.1) is 17.9 Å². The van der Waals surface area contributed by atoms with Crippen LogP contribution < -0.4 is 10.1 Å². The number of rotatable bonds is 9. The van der Waals surface area contributed by atoms with Crippen molar-refractivity contribution in [3.63, 3.8) is 0 Å². The van der Waals surface area contributed by atoms with Gasteiger partial charge in [0.25, 0.3) is 0 Å². The zero-order valence-corrected chi connectivity index (χ0v) is 16.7. The van der Waals surface area contributed by atoms with Crippen molar-refractivity contribution in [3.05, 3.63) is 59.7 Å². The predicted molar refractivity (Wildman–Crippen MR) is 107 cm³/mol. The van der Waals surface area contributed by atoms with Gasteiger partial charge in [-0.15, -0.1) is 11.8 Å². The smallest absolute Gasteiger partial charge is 0.339 e. The molecule has 0 aliphatic carbocycles. The third kappa shape index (κ3) is 6.64. The van der Waals surface area contributed by atoms with Gasteiger partial charge < -0.3 is 14.8 Å². The summed E-state index contributed by atoms with van der Waals surface area (Å²) in [5, 5.41) is 2.84. The van der Waals surface area contributed by atoms with Gasteiger partial charge >= 0.3 is 5.97 Å². The van der Waals surface area contributed by atoms with Crippen molar-refractivity contribution in [3.8, 4) is 5.75 Å². The first-order valence-corrected chi connectivity index (χ1v) is 9.88. The van der Waals surface area contributed by atoms with Crippen molar-refractivity contribution in [2.75, 3.05) is 12.4 Å². The van der Waals surface area contributed by atoms with Crippen LogP contribution in [0.1, 0.15) is 36.7 Å². The first-order valence-electron chi connectivity index (χ1n) is 8.90. The van der Waals surface area contributed by atoms with Crippen molar-refractivity contribution in [2.24, 2.45) is 0 Å². The van der Waals surface area contributed by atoms with Gasteiger partial charge in [0.15, 0.2) is 0 Å². The van der Waals surface area contributed by atoms with Gasteiger partial charge in [0.1, 0.15) is 12.4 Å². The van der Waals surface area contributed by atoms with E-state index in [2.05, 4.69) is 5.32 Å². The van der Waals surface area contributed by atoms with E-state index in [-0.39, 0.29) is 24.3 Å². The number of amides is 1. The Bertz CT molecular complexity index is 776. The van der Waals surface area contributed by atoms with Crippen LogP contribution in [0.2, 0.25) is 0 Å². The summed E-state index contributed by atoms with van der Waals surface area (Å²) in [6, 6.07) is 14.7. The maximum absolute atomic E-state index is 12.6. The highest BCUT2D eigenvalue weighted by atomic mass is 32.2. The molecule has 0 unspecified atom stereocenters. The summed E-state index contributed by atoms with van der Waals surface area (Å²) in [7, 11) is 0. The summed E-state index contributed by atoms with van der Waals surface area (Å²) < 4.78 is 11.0. The van der Waals surface area contributed by atoms with Crippen LogP contribution in [0.15, 0.2) is 53.4 Å². The normalized spacial score (nSPS) is 10.5. The zero-order chi connectivity index (χ0) is 19.6. The second kappa shape index (κ2) is 10.6. The average molecular weight is 388 g/mol. The summed E-state index contributed by atoms with van der Waals surface area (Å²) in [4.78, 5) is 25.1. The number of ether oxygens (including phenoxy) is 2. The van der Waals surface area contributed by atoms with Crippen molar-refractivity contribution in [1.29, 1.82) is 0 Å². The van der Waals surface area contributed by atoms with E-state index in [1.807, 2.05) is 57.2 Å². The fourth-order valence-electron chi connectivity index (χ4n) is 2.41. The first kappa shape index (κ1) is 20.8. The summed E-state index contributed by atoms with van der Waals surface area (Å²) in [6.07, 6.45) is 0. The van der Waals surface area contributed by atoms with Gasteiger partial charge in [-0.25, -0.2) is 4.79 Å². The second-order valence-electron chi connectivity index (χ2n) is 6.12. The molecule has 0 bridgehead atoms. The molecular weight excluding hydrogens is 362 g/mol. The lowest BCUT2D eigenvalue weighted by molar-refractivity contribution is -0.119. The van der Waals surface area contributed by atoms with Crippen molar-refractivity contribution in [1.82, 2.24) is 5.32 Å². The molecule has 0 aliphatic heterocycles. The predicted octanol–water partition coefficient (Wildman–Crippen LogP) is 4.06. The highest BCUT2D eigenvalue weighted by molar-refractivity contribution is 8.00. The zero-order valence-electron chi connectivity index (χ0n) is 15.9. The first-order chi connectivity index (χ1) is 13.0. The molecule has 0 atom stereocenters. The monoisotopic (exact) mass is 387 g/mol. The quantitative estimate of drug-likeness (QED) is 0.519. The topological polar surface area (TPSA) is 64.6 Å². The molecule has 144 valence electrons. The largest absolute Gasteiger partial charge is 0.493 e. The Morgan fingerprint density at radius 2 is 1.78 bits per heavy atom. The molecule has 0 aromatic heterocycles. The van der Waals surface area contributed by atoms with Gasteiger partial charge in [-0.3, -0.25) is 4.79 Å². The number of nitrogens with one attached hydrogen (secondary N) is 1. The van der Waals surface area contributed by atoms with E-state index in [0.29, 0.717) is 17.9 Å². The molecule has 1 amide bonds. The molecule has 0 fully saturated rings. The van der Waals surface area contributed by atoms with Gasteiger partial charge in [-0.05, 0) is 39.0 Å². The number of esters is 1. The third-order valence-corrected chi connectivity index (χ3v) is 4.62. The Balaban J connectivity index is 2.01. The van der Waals surface area contributed by atoms with Crippen LogP contribution in [-0.4, -0.2) is 30.3 Å². The summed E-state index contributed by atoms with van der Waals surface area (Å²) in [5.74, 6) is 0.466. The molecule has 0 saturated heterocycles. The highest BCUT2D eigenvalue weighted by Crippen LogP contribution is 2.24. The molecule has 0 saturated carbocycles. The molecule has 0 radical (unpaired) electrons. The second-order valence-corrected chi connectivity index (χ2v) is 7.14. The van der Waals surface area contributed by atoms with E-state index in [9.17, 15) is 9.59 Å². The molecule has 27 heavy (non-hydrogen) atoms. The SMILES string of the molecule is CCOc1ccccc1COC(=O)c1ccccc1SCC(=O)NC(C)C. The van der Waals surface area contributed by atoms with E-state index in [4.69, 9.17) is 9.47 Å². The van der Waals surface area contributed by atoms with Crippen LogP contribution in [0, 0.1) is 0 Å². The van der Waals surface area contributed by atoms with Crippen molar-refractivity contribution >= 4 is 23.6 Å². The summed E-state index contributed by atoms with van der Waals surface area (Å²) in [5.41, 5.74) is 1.27. The standard InChI is InChI=1S/C21H25NO4S/c1-4-25-18-11-7-5-9-16(18)13-26-21(24)17-10-6-8-12-19(17)27-14-20(23)22-15(2)3/h5-12,15H,4,13-14H2,1-3H3,(H,22,23). The number of para-hydroxylation sites is 1. The number of carbonyl (C=O) groups is 2. The van der Waals surface area contributed by atoms with Crippen molar-refractivity contribution in [2.45, 2.75) is 38.3 Å². The minimum Gasteiger partial charge on any atom is -0.493 e. The Kier molecular flexibility index (Phi) is 8.20. The summed E-state index contributed by atoms with van der Waals surface area (Å²) >= 11 is 1.32. The van der Waals surface area contributed by atoms with Crippen LogP contribution in [-0.2, 0) is 16.1 Å². The number of hydrogen-bond donors (Lipinski definition) is 1. The Morgan fingerprint density at radius 1 is 1.07 bits per heavy atom. The fourth-order valence-corrected chi connectivity index (χ4v) is 3.26. The van der Waals surface area contributed by atoms with E-state index in [0.717, 1.165) is 10.5 Å². The van der Waals surface area contributed by atoms with E-state index < -0.39 is 5.97 Å². The number of benzene rings is 2. The molecule has 2 aromatic rings. The maximum Gasteiger partial charge on any atom is 0.339 e. The minimum atomic E-state index is -0.423. The lowest BCUT2D eigenvalue weighted by Gasteiger charge is -2.12. The molecule has 6 heteroatoms. The van der Waals surface area contributed by atoms with E-state index in [1.165, 1.54) is 11.8 Å². The lowest BCUT2D eigenvalue weighted by Crippen LogP contribution is -2.31. The third-order valence-electron chi connectivity index (χ3n) is 3.55. The van der Waals surface area contributed by atoms with Gasteiger partial charge in [0.2, 0.25) is 5.91 Å². The average Bonchev–Trinajstić information content (AvgIpc) is 2.65. The van der Waals surface area contributed by atoms with E-state index in [1.54, 1.807) is 12.1 Å². The Morgan fingerprint density at radius 3 is 2.52 bits per heavy atom. The van der Waals surface area contributed by atoms with Crippen LogP contribution in [0.3, 0.4) is 0 Å². The van der Waals surface area contributed by atoms with Gasteiger partial charge in [-0.2, -0.15) is 0 Å². The molecule has 5 nitrogen and oxygen atoms in total.